The van der Waals surface area contributed by atoms with Gasteiger partial charge in [-0.05, 0) is 29.3 Å². The Labute approximate surface area is 160 Å². The zero-order valence-corrected chi connectivity index (χ0v) is 15.1. The summed E-state index contributed by atoms with van der Waals surface area (Å²) in [5.41, 5.74) is 2.89. The smallest absolute Gasteiger partial charge is 0.256 e. The molecule has 1 aliphatic rings. The van der Waals surface area contributed by atoms with Crippen molar-refractivity contribution in [2.45, 2.75) is 11.5 Å². The third kappa shape index (κ3) is 2.62. The molecule has 0 fully saturated rings. The zero-order chi connectivity index (χ0) is 18.3. The van der Waals surface area contributed by atoms with Crippen LogP contribution in [0.4, 0.5) is 0 Å². The maximum atomic E-state index is 13.1. The van der Waals surface area contributed by atoms with Crippen LogP contribution in [0.15, 0.2) is 73.1 Å². The molecular weight excluding hydrogens is 371 g/mol. The van der Waals surface area contributed by atoms with E-state index in [0.717, 1.165) is 16.7 Å². The van der Waals surface area contributed by atoms with E-state index in [1.807, 2.05) is 30.3 Å². The number of hydrogen-bond acceptors (Lipinski definition) is 2. The Bertz CT molecular complexity index is 974. The van der Waals surface area contributed by atoms with E-state index in [4.69, 9.17) is 23.2 Å². The number of alkyl halides is 1. The standard InChI is InChI=1S/C20H14Cl2N2O2/c21-16-7-5-15(6-8-16)20(22)18-4-2-1-3-17(18)19(25)24(20)13-14-9-11-23(26)12-10-14/h1-12H,13H2. The zero-order valence-electron chi connectivity index (χ0n) is 13.6. The van der Waals surface area contributed by atoms with E-state index in [1.165, 1.54) is 12.4 Å². The van der Waals surface area contributed by atoms with Crippen molar-refractivity contribution >= 4 is 29.1 Å². The Hall–Kier alpha value is -2.56. The molecule has 3 aromatic rings. The lowest BCUT2D eigenvalue weighted by Crippen LogP contribution is -2.40. The van der Waals surface area contributed by atoms with E-state index in [0.29, 0.717) is 15.3 Å². The summed E-state index contributed by atoms with van der Waals surface area (Å²) < 4.78 is 0.706. The Balaban J connectivity index is 1.84. The highest BCUT2D eigenvalue weighted by atomic mass is 35.5. The molecule has 0 aliphatic carbocycles. The Morgan fingerprint density at radius 2 is 1.65 bits per heavy atom. The molecule has 1 atom stereocenters. The van der Waals surface area contributed by atoms with Gasteiger partial charge in [0, 0.05) is 34.8 Å². The summed E-state index contributed by atoms with van der Waals surface area (Å²) in [6.45, 7) is 0.278. The molecule has 1 aliphatic heterocycles. The lowest BCUT2D eigenvalue weighted by molar-refractivity contribution is -0.605. The molecule has 2 heterocycles. The van der Waals surface area contributed by atoms with Gasteiger partial charge in [-0.2, -0.15) is 4.73 Å². The van der Waals surface area contributed by atoms with Gasteiger partial charge in [-0.3, -0.25) is 4.79 Å². The first-order chi connectivity index (χ1) is 12.5. The van der Waals surface area contributed by atoms with E-state index in [-0.39, 0.29) is 12.5 Å². The van der Waals surface area contributed by atoms with Crippen LogP contribution in [-0.2, 0) is 11.5 Å². The number of nitrogens with zero attached hydrogens (tertiary/aromatic N) is 2. The lowest BCUT2D eigenvalue weighted by Gasteiger charge is -2.34. The summed E-state index contributed by atoms with van der Waals surface area (Å²) in [5, 5.41) is 11.9. The lowest BCUT2D eigenvalue weighted by atomic mass is 9.97. The van der Waals surface area contributed by atoms with Crippen LogP contribution in [0.2, 0.25) is 5.02 Å². The monoisotopic (exact) mass is 384 g/mol. The average Bonchev–Trinajstić information content (AvgIpc) is 2.87. The number of halogens is 2. The fourth-order valence-electron chi connectivity index (χ4n) is 3.28. The number of carbonyl (C=O) groups is 1. The van der Waals surface area contributed by atoms with Crippen molar-refractivity contribution < 1.29 is 9.52 Å². The summed E-state index contributed by atoms with van der Waals surface area (Å²) in [6, 6.07) is 17.9. The van der Waals surface area contributed by atoms with Crippen LogP contribution >= 0.6 is 23.2 Å². The van der Waals surface area contributed by atoms with E-state index >= 15 is 0 Å². The minimum atomic E-state index is -1.14. The van der Waals surface area contributed by atoms with Crippen LogP contribution in [0, 0.1) is 5.21 Å². The number of aromatic nitrogens is 1. The van der Waals surface area contributed by atoms with Crippen LogP contribution in [0.25, 0.3) is 0 Å². The quantitative estimate of drug-likeness (QED) is 0.295. The van der Waals surface area contributed by atoms with Crippen LogP contribution in [0.5, 0.6) is 0 Å². The summed E-state index contributed by atoms with van der Waals surface area (Å²) in [6.07, 6.45) is 2.81. The predicted molar refractivity (Wildman–Crippen MR) is 99.8 cm³/mol. The third-order valence-electron chi connectivity index (χ3n) is 4.57. The molecule has 26 heavy (non-hydrogen) atoms. The Morgan fingerprint density at radius 1 is 1.00 bits per heavy atom. The molecular formula is C20H14Cl2N2O2. The number of rotatable bonds is 3. The van der Waals surface area contributed by atoms with Crippen molar-refractivity contribution in [3.8, 4) is 0 Å². The molecule has 2 aromatic carbocycles. The topological polar surface area (TPSA) is 47.2 Å². The van der Waals surface area contributed by atoms with E-state index < -0.39 is 5.00 Å². The highest BCUT2D eigenvalue weighted by Gasteiger charge is 2.49. The van der Waals surface area contributed by atoms with Crippen LogP contribution in [0.3, 0.4) is 0 Å². The molecule has 130 valence electrons. The predicted octanol–water partition coefficient (Wildman–Crippen LogP) is 4.07. The van der Waals surface area contributed by atoms with Crippen LogP contribution in [-0.4, -0.2) is 10.8 Å². The minimum absolute atomic E-state index is 0.149. The van der Waals surface area contributed by atoms with Gasteiger partial charge in [-0.15, -0.1) is 0 Å². The normalized spacial score (nSPS) is 18.8. The molecule has 6 heteroatoms. The van der Waals surface area contributed by atoms with Crippen LogP contribution < -0.4 is 4.73 Å². The number of pyridine rings is 1. The van der Waals surface area contributed by atoms with Crippen molar-refractivity contribution in [2.24, 2.45) is 0 Å². The fourth-order valence-corrected chi connectivity index (χ4v) is 3.84. The first-order valence-corrected chi connectivity index (χ1v) is 8.80. The van der Waals surface area contributed by atoms with Crippen molar-refractivity contribution in [3.63, 3.8) is 0 Å². The fraction of sp³-hybridized carbons (Fsp3) is 0.100. The van der Waals surface area contributed by atoms with Gasteiger partial charge in [0.2, 0.25) is 0 Å². The molecule has 1 aromatic heterocycles. The summed E-state index contributed by atoms with van der Waals surface area (Å²) in [5.74, 6) is -0.149. The summed E-state index contributed by atoms with van der Waals surface area (Å²) in [7, 11) is 0. The van der Waals surface area contributed by atoms with Gasteiger partial charge in [0.25, 0.3) is 5.91 Å². The molecule has 4 rings (SSSR count). The molecule has 0 bridgehead atoms. The first-order valence-electron chi connectivity index (χ1n) is 8.04. The first kappa shape index (κ1) is 16.9. The van der Waals surface area contributed by atoms with E-state index in [1.54, 1.807) is 35.2 Å². The second-order valence-corrected chi connectivity index (χ2v) is 7.12. The van der Waals surface area contributed by atoms with Gasteiger partial charge in [0.05, 0.1) is 0 Å². The third-order valence-corrected chi connectivity index (χ3v) is 5.45. The van der Waals surface area contributed by atoms with Crippen molar-refractivity contribution in [1.29, 1.82) is 0 Å². The molecule has 1 unspecified atom stereocenters. The second-order valence-electron chi connectivity index (χ2n) is 6.13. The van der Waals surface area contributed by atoms with Crippen molar-refractivity contribution in [2.75, 3.05) is 0 Å². The van der Waals surface area contributed by atoms with Gasteiger partial charge >= 0.3 is 0 Å². The minimum Gasteiger partial charge on any atom is -0.619 e. The highest BCUT2D eigenvalue weighted by molar-refractivity contribution is 6.31. The molecule has 0 spiro atoms. The van der Waals surface area contributed by atoms with E-state index in [9.17, 15) is 10.0 Å². The van der Waals surface area contributed by atoms with Gasteiger partial charge in [0.1, 0.15) is 0 Å². The molecule has 0 saturated carbocycles. The molecule has 0 saturated heterocycles. The molecule has 0 radical (unpaired) electrons. The highest BCUT2D eigenvalue weighted by Crippen LogP contribution is 2.48. The number of benzene rings is 2. The maximum absolute atomic E-state index is 13.1. The molecule has 1 amide bonds. The van der Waals surface area contributed by atoms with Crippen molar-refractivity contribution in [1.82, 2.24) is 4.90 Å². The molecule has 0 N–H and O–H groups in total. The summed E-state index contributed by atoms with van der Waals surface area (Å²) >= 11 is 13.1. The van der Waals surface area contributed by atoms with E-state index in [2.05, 4.69) is 0 Å². The Kier molecular flexibility index (Phi) is 4.10. The van der Waals surface area contributed by atoms with Gasteiger partial charge < -0.3 is 10.1 Å². The second kappa shape index (κ2) is 6.31. The number of fused-ring (bicyclic) bond motifs is 1. The molecule has 4 nitrogen and oxygen atoms in total. The Morgan fingerprint density at radius 3 is 2.35 bits per heavy atom. The van der Waals surface area contributed by atoms with Crippen molar-refractivity contribution in [3.05, 3.63) is 106 Å². The average molecular weight is 385 g/mol. The maximum Gasteiger partial charge on any atom is 0.256 e. The van der Waals surface area contributed by atoms with Crippen LogP contribution in [0.1, 0.15) is 27.0 Å². The van der Waals surface area contributed by atoms with Gasteiger partial charge in [-0.1, -0.05) is 53.5 Å². The van der Waals surface area contributed by atoms with Gasteiger partial charge in [-0.25, -0.2) is 0 Å². The van der Waals surface area contributed by atoms with Gasteiger partial charge in [0.15, 0.2) is 17.4 Å². The number of hydrogen-bond donors (Lipinski definition) is 0. The SMILES string of the molecule is O=C1c2ccccc2C(Cl)(c2ccc(Cl)cc2)N1Cc1cc[n+]([O-])cc1. The largest absolute Gasteiger partial charge is 0.619 e. The number of amides is 1. The number of carbonyl (C=O) groups excluding carboxylic acids is 1. The summed E-state index contributed by atoms with van der Waals surface area (Å²) in [4.78, 5) is 13.6.